The van der Waals surface area contributed by atoms with E-state index < -0.39 is 111 Å². The third-order valence-corrected chi connectivity index (χ3v) is 9.09. The molecule has 0 aromatic heterocycles. The second kappa shape index (κ2) is 18.6. The van der Waals surface area contributed by atoms with Gasteiger partial charge < -0.3 is 48.8 Å². The van der Waals surface area contributed by atoms with E-state index in [9.17, 15) is 41.1 Å². The van der Waals surface area contributed by atoms with Crippen LogP contribution in [-0.2, 0) is 28.4 Å². The Kier molecular flexibility index (Phi) is 13.7. The molecule has 24 nitrogen and oxygen atoms in total. The highest BCUT2D eigenvalue weighted by molar-refractivity contribution is 5.90. The van der Waals surface area contributed by atoms with Gasteiger partial charge in [0.2, 0.25) is 0 Å². The standard InChI is InChI=1S/C31H34N12O12/c32-40-36-12-19-27(53-28(48)15-7-3-1-4-8-15)31(14-50-19,55-29(49)16-9-5-2-6-10-16)54-26-21(39-43-35)30(51-20(13-44)23(26)46)52-25-18(38-42-34)11-17(37-41-33)22(45)24(25)47/h1-10,17-27,30,44-47H,11-14H2/t17?,18?,19-,20?,21?,22?,23-,24?,25-,26?,27?,30-,31+/m1/s1. The van der Waals surface area contributed by atoms with E-state index in [1.165, 1.54) is 36.4 Å². The molecule has 290 valence electrons. The topological polar surface area (TPSA) is 365 Å². The van der Waals surface area contributed by atoms with Gasteiger partial charge in [-0.05, 0) is 52.8 Å². The summed E-state index contributed by atoms with van der Waals surface area (Å²) in [6.45, 7) is -2.12. The minimum absolute atomic E-state index is 0.00126. The van der Waals surface area contributed by atoms with Gasteiger partial charge in [0.1, 0.15) is 43.2 Å². The van der Waals surface area contributed by atoms with Gasteiger partial charge in [-0.3, -0.25) is 0 Å². The highest BCUT2D eigenvalue weighted by Crippen LogP contribution is 2.40. The van der Waals surface area contributed by atoms with Crippen LogP contribution in [0.4, 0.5) is 0 Å². The van der Waals surface area contributed by atoms with Crippen molar-refractivity contribution < 1.29 is 58.4 Å². The first-order chi connectivity index (χ1) is 26.6. The predicted octanol–water partition coefficient (Wildman–Crippen LogP) is 2.49. The Morgan fingerprint density at radius 2 is 1.40 bits per heavy atom. The van der Waals surface area contributed by atoms with Crippen molar-refractivity contribution in [1.29, 1.82) is 0 Å². The number of carbonyl (C=O) groups excluding carboxylic acids is 2. The molecule has 0 amide bonds. The van der Waals surface area contributed by atoms with Crippen molar-refractivity contribution in [2.45, 2.75) is 85.5 Å². The van der Waals surface area contributed by atoms with Gasteiger partial charge in [-0.2, -0.15) is 0 Å². The number of hydrogen-bond donors (Lipinski definition) is 4. The molecule has 8 unspecified atom stereocenters. The average molecular weight is 767 g/mol. The van der Waals surface area contributed by atoms with E-state index in [2.05, 4.69) is 40.1 Å². The number of esters is 2. The fourth-order valence-corrected chi connectivity index (χ4v) is 6.44. The number of ether oxygens (including phenoxy) is 6. The number of carbonyl (C=O) groups is 2. The first-order valence-corrected chi connectivity index (χ1v) is 16.5. The molecule has 24 heteroatoms. The largest absolute Gasteiger partial charge is 0.449 e. The molecule has 13 atom stereocenters. The second-order valence-corrected chi connectivity index (χ2v) is 12.4. The molecule has 5 rings (SSSR count). The van der Waals surface area contributed by atoms with Crippen molar-refractivity contribution >= 4 is 11.9 Å². The first kappa shape index (κ1) is 40.5. The quantitative estimate of drug-likeness (QED) is 0.0708. The lowest BCUT2D eigenvalue weighted by Gasteiger charge is -2.48. The maximum absolute atomic E-state index is 13.7. The molecule has 2 heterocycles. The molecule has 0 radical (unpaired) electrons. The Morgan fingerprint density at radius 3 is 2.00 bits per heavy atom. The smallest absolute Gasteiger partial charge is 0.340 e. The lowest BCUT2D eigenvalue weighted by molar-refractivity contribution is -0.336. The van der Waals surface area contributed by atoms with Gasteiger partial charge in [0.15, 0.2) is 12.4 Å². The van der Waals surface area contributed by atoms with Gasteiger partial charge >= 0.3 is 11.9 Å². The Bertz CT molecular complexity index is 1860. The lowest BCUT2D eigenvalue weighted by atomic mass is 9.84. The number of rotatable bonds is 14. The molecule has 2 aromatic rings. The molecule has 4 N–H and O–H groups in total. The summed E-state index contributed by atoms with van der Waals surface area (Å²) >= 11 is 0. The fourth-order valence-electron chi connectivity index (χ4n) is 6.44. The summed E-state index contributed by atoms with van der Waals surface area (Å²) in [6.07, 6.45) is -15.9. The third-order valence-electron chi connectivity index (χ3n) is 9.09. The first-order valence-electron chi connectivity index (χ1n) is 16.5. The third kappa shape index (κ3) is 8.99. The fraction of sp³-hybridized carbons (Fsp3) is 0.548. The van der Waals surface area contributed by atoms with Crippen LogP contribution in [0.3, 0.4) is 0 Å². The zero-order valence-electron chi connectivity index (χ0n) is 28.5. The molecule has 0 spiro atoms. The van der Waals surface area contributed by atoms with Gasteiger partial charge in [-0.1, -0.05) is 56.9 Å². The molecule has 3 aliphatic rings. The summed E-state index contributed by atoms with van der Waals surface area (Å²) in [5.74, 6) is -4.50. The summed E-state index contributed by atoms with van der Waals surface area (Å²) in [5, 5.41) is 57.8. The van der Waals surface area contributed by atoms with E-state index >= 15 is 0 Å². The number of aliphatic hydroxyl groups excluding tert-OH is 4. The van der Waals surface area contributed by atoms with E-state index in [0.717, 1.165) is 0 Å². The molecule has 1 saturated carbocycles. The molecule has 55 heavy (non-hydrogen) atoms. The van der Waals surface area contributed by atoms with Crippen LogP contribution >= 0.6 is 0 Å². The molecular formula is C31H34N12O12. The molecule has 2 saturated heterocycles. The minimum atomic E-state index is -2.51. The van der Waals surface area contributed by atoms with Crippen molar-refractivity contribution in [1.82, 2.24) is 0 Å². The van der Waals surface area contributed by atoms with Crippen LogP contribution in [0, 0.1) is 0 Å². The maximum atomic E-state index is 13.7. The van der Waals surface area contributed by atoms with Crippen LogP contribution in [0.25, 0.3) is 41.8 Å². The molecule has 1 aliphatic carbocycles. The molecule has 0 bridgehead atoms. The summed E-state index contributed by atoms with van der Waals surface area (Å²) < 4.78 is 35.7. The van der Waals surface area contributed by atoms with Gasteiger partial charge in [0.05, 0.1) is 48.6 Å². The van der Waals surface area contributed by atoms with Gasteiger partial charge in [0.25, 0.3) is 5.79 Å². The van der Waals surface area contributed by atoms with E-state index in [1.807, 2.05) is 0 Å². The van der Waals surface area contributed by atoms with Gasteiger partial charge in [-0.15, -0.1) is 0 Å². The van der Waals surface area contributed by atoms with E-state index in [-0.39, 0.29) is 17.5 Å². The minimum Gasteiger partial charge on any atom is -0.449 e. The SMILES string of the molecule is [N-]=[N+]=NC[C@H]1OC[C@@](OC(=O)c2ccccc2)(OC2C(N=[N+]=[N-])[C@@H](O[C@@H]3C(N=[N+]=[N-])CC(N=[N+]=[N-])C(O)C3O)OC(CO)[C@H]2O)C1OC(=O)c1ccccc1. The average Bonchev–Trinajstić information content (AvgIpc) is 3.52. The molecule has 2 aliphatic heterocycles. The predicted molar refractivity (Wildman–Crippen MR) is 181 cm³/mol. The van der Waals surface area contributed by atoms with Crippen LogP contribution in [0.5, 0.6) is 0 Å². The number of azide groups is 4. The monoisotopic (exact) mass is 766 g/mol. The van der Waals surface area contributed by atoms with E-state index in [0.29, 0.717) is 0 Å². The summed E-state index contributed by atoms with van der Waals surface area (Å²) in [4.78, 5) is 38.1. The Morgan fingerprint density at radius 1 is 0.782 bits per heavy atom. The van der Waals surface area contributed by atoms with Crippen LogP contribution < -0.4 is 0 Å². The van der Waals surface area contributed by atoms with Crippen molar-refractivity contribution in [2.75, 3.05) is 19.8 Å². The normalized spacial score (nSPS) is 34.0. The Labute approximate surface area is 309 Å². The van der Waals surface area contributed by atoms with Crippen molar-refractivity contribution in [2.24, 2.45) is 20.5 Å². The van der Waals surface area contributed by atoms with Crippen molar-refractivity contribution in [3.05, 3.63) is 114 Å². The van der Waals surface area contributed by atoms with Crippen molar-refractivity contribution in [3.8, 4) is 0 Å². The lowest BCUT2D eigenvalue weighted by Crippen LogP contribution is -2.66. The zero-order chi connectivity index (χ0) is 39.5. The summed E-state index contributed by atoms with van der Waals surface area (Å²) in [5.41, 5.74) is 37.0. The number of hydrogen-bond acceptors (Lipinski definition) is 16. The van der Waals surface area contributed by atoms with Crippen LogP contribution in [0.2, 0.25) is 0 Å². The summed E-state index contributed by atoms with van der Waals surface area (Å²) in [6, 6.07) is 10.8. The maximum Gasteiger partial charge on any atom is 0.340 e. The Balaban J connectivity index is 1.58. The number of nitrogens with zero attached hydrogens (tertiary/aromatic N) is 12. The van der Waals surface area contributed by atoms with Crippen LogP contribution in [0.15, 0.2) is 81.1 Å². The molecular weight excluding hydrogens is 732 g/mol. The van der Waals surface area contributed by atoms with Crippen LogP contribution in [0.1, 0.15) is 27.1 Å². The van der Waals surface area contributed by atoms with Crippen LogP contribution in [-0.4, -0.2) is 131 Å². The number of benzene rings is 2. The van der Waals surface area contributed by atoms with E-state index in [4.69, 9.17) is 39.5 Å². The molecule has 2 aromatic carbocycles. The van der Waals surface area contributed by atoms with Gasteiger partial charge in [-0.25, -0.2) is 9.59 Å². The Hall–Kier alpha value is -5.70. The zero-order valence-corrected chi connectivity index (χ0v) is 28.5. The molecule has 3 fully saturated rings. The highest BCUT2D eigenvalue weighted by Gasteiger charge is 2.61. The van der Waals surface area contributed by atoms with Crippen molar-refractivity contribution in [3.63, 3.8) is 0 Å². The second-order valence-electron chi connectivity index (χ2n) is 12.4. The number of aliphatic hydroxyl groups is 4. The van der Waals surface area contributed by atoms with E-state index in [1.54, 1.807) is 24.3 Å². The highest BCUT2D eigenvalue weighted by atomic mass is 16.8. The summed E-state index contributed by atoms with van der Waals surface area (Å²) in [7, 11) is 0. The van der Waals surface area contributed by atoms with Gasteiger partial charge in [0, 0.05) is 19.6 Å².